The Kier molecular flexibility index (Phi) is 3.38. The molecule has 1 saturated heterocycles. The van der Waals surface area contributed by atoms with Gasteiger partial charge in [-0.3, -0.25) is 9.59 Å². The van der Waals surface area contributed by atoms with Gasteiger partial charge in [0.15, 0.2) is 0 Å². The number of nitrogen functional groups attached to an aromatic ring is 1. The molecule has 18 heavy (non-hydrogen) atoms. The number of amides is 2. The van der Waals surface area contributed by atoms with Crippen LogP contribution in [-0.2, 0) is 4.79 Å². The van der Waals surface area contributed by atoms with E-state index in [2.05, 4.69) is 10.3 Å². The first-order chi connectivity index (χ1) is 8.50. The van der Waals surface area contributed by atoms with Gasteiger partial charge in [-0.05, 0) is 19.1 Å². The number of nitrogens with zero attached hydrogens (tertiary/aromatic N) is 2. The molecule has 0 bridgehead atoms. The van der Waals surface area contributed by atoms with E-state index in [0.29, 0.717) is 13.1 Å². The van der Waals surface area contributed by atoms with E-state index in [1.165, 1.54) is 17.0 Å². The van der Waals surface area contributed by atoms with Crippen molar-refractivity contribution in [3.05, 3.63) is 22.8 Å². The summed E-state index contributed by atoms with van der Waals surface area (Å²) in [6, 6.07) is 2.50. The third-order valence-electron chi connectivity index (χ3n) is 2.83. The zero-order valence-corrected chi connectivity index (χ0v) is 10.6. The molecule has 1 fully saturated rings. The molecular formula is C11H13ClN4O2. The Bertz CT molecular complexity index is 506. The average Bonchev–Trinajstić information content (AvgIpc) is 2.35. The van der Waals surface area contributed by atoms with Crippen molar-refractivity contribution in [2.75, 3.05) is 18.8 Å². The summed E-state index contributed by atoms with van der Waals surface area (Å²) in [6.07, 6.45) is 0. The van der Waals surface area contributed by atoms with Crippen molar-refractivity contribution in [2.45, 2.75) is 13.0 Å². The lowest BCUT2D eigenvalue weighted by atomic mass is 10.2. The third-order valence-corrected chi connectivity index (χ3v) is 3.13. The monoisotopic (exact) mass is 268 g/mol. The van der Waals surface area contributed by atoms with E-state index in [1.54, 1.807) is 6.92 Å². The SMILES string of the molecule is CC1C(=O)NCCN1C(=O)c1nc(N)ccc1Cl. The van der Waals surface area contributed by atoms with Gasteiger partial charge in [-0.15, -0.1) is 0 Å². The fourth-order valence-electron chi connectivity index (χ4n) is 1.80. The van der Waals surface area contributed by atoms with Gasteiger partial charge in [0.1, 0.15) is 17.6 Å². The van der Waals surface area contributed by atoms with E-state index in [1.807, 2.05) is 0 Å². The summed E-state index contributed by atoms with van der Waals surface area (Å²) in [4.78, 5) is 29.1. The number of anilines is 1. The second-order valence-electron chi connectivity index (χ2n) is 4.03. The van der Waals surface area contributed by atoms with Crippen molar-refractivity contribution in [3.63, 3.8) is 0 Å². The highest BCUT2D eigenvalue weighted by Gasteiger charge is 2.31. The second-order valence-corrected chi connectivity index (χ2v) is 4.44. The van der Waals surface area contributed by atoms with E-state index in [4.69, 9.17) is 17.3 Å². The number of hydrogen-bond acceptors (Lipinski definition) is 4. The standard InChI is InChI=1S/C11H13ClN4O2/c1-6-10(17)14-4-5-16(6)11(18)9-7(12)2-3-8(13)15-9/h2-3,6H,4-5H2,1H3,(H2,13,15)(H,14,17). The van der Waals surface area contributed by atoms with Crippen LogP contribution >= 0.6 is 11.6 Å². The predicted octanol–water partition coefficient (Wildman–Crippen LogP) is 0.278. The van der Waals surface area contributed by atoms with Gasteiger partial charge in [-0.2, -0.15) is 0 Å². The minimum Gasteiger partial charge on any atom is -0.384 e. The van der Waals surface area contributed by atoms with E-state index in [-0.39, 0.29) is 28.3 Å². The Labute approximate surface area is 109 Å². The van der Waals surface area contributed by atoms with Crippen LogP contribution in [0.2, 0.25) is 5.02 Å². The molecule has 0 spiro atoms. The quantitative estimate of drug-likeness (QED) is 0.766. The van der Waals surface area contributed by atoms with E-state index >= 15 is 0 Å². The minimum atomic E-state index is -0.537. The normalized spacial score (nSPS) is 19.6. The largest absolute Gasteiger partial charge is 0.384 e. The van der Waals surface area contributed by atoms with Gasteiger partial charge < -0.3 is 16.0 Å². The van der Waals surface area contributed by atoms with Crippen molar-refractivity contribution >= 4 is 29.2 Å². The second kappa shape index (κ2) is 4.81. The summed E-state index contributed by atoms with van der Waals surface area (Å²) in [5, 5.41) is 2.91. The van der Waals surface area contributed by atoms with Crippen LogP contribution in [0, 0.1) is 0 Å². The van der Waals surface area contributed by atoms with Crippen molar-refractivity contribution in [3.8, 4) is 0 Å². The summed E-state index contributed by atoms with van der Waals surface area (Å²) in [5.41, 5.74) is 5.62. The molecule has 2 amide bonds. The molecule has 0 aliphatic carbocycles. The van der Waals surface area contributed by atoms with Crippen LogP contribution in [0.15, 0.2) is 12.1 Å². The minimum absolute atomic E-state index is 0.0817. The molecule has 1 atom stereocenters. The van der Waals surface area contributed by atoms with Crippen LogP contribution in [-0.4, -0.2) is 40.8 Å². The summed E-state index contributed by atoms with van der Waals surface area (Å²) < 4.78 is 0. The number of pyridine rings is 1. The van der Waals surface area contributed by atoms with Crippen LogP contribution in [0.25, 0.3) is 0 Å². The summed E-state index contributed by atoms with van der Waals surface area (Å²) >= 11 is 5.93. The lowest BCUT2D eigenvalue weighted by molar-refractivity contribution is -0.127. The van der Waals surface area contributed by atoms with Gasteiger partial charge in [0.25, 0.3) is 5.91 Å². The Morgan fingerprint density at radius 3 is 3.06 bits per heavy atom. The molecule has 1 aliphatic rings. The number of nitrogens with two attached hydrogens (primary N) is 1. The molecule has 1 aromatic rings. The Morgan fingerprint density at radius 2 is 2.33 bits per heavy atom. The van der Waals surface area contributed by atoms with Crippen LogP contribution in [0.5, 0.6) is 0 Å². The van der Waals surface area contributed by atoms with Crippen LogP contribution in [0.3, 0.4) is 0 Å². The van der Waals surface area contributed by atoms with Gasteiger partial charge in [-0.25, -0.2) is 4.98 Å². The fourth-order valence-corrected chi connectivity index (χ4v) is 1.99. The van der Waals surface area contributed by atoms with E-state index < -0.39 is 6.04 Å². The first kappa shape index (κ1) is 12.6. The maximum Gasteiger partial charge on any atom is 0.274 e. The highest BCUT2D eigenvalue weighted by molar-refractivity contribution is 6.33. The van der Waals surface area contributed by atoms with Crippen molar-refractivity contribution in [1.82, 2.24) is 15.2 Å². The summed E-state index contributed by atoms with van der Waals surface area (Å²) in [6.45, 7) is 2.51. The zero-order chi connectivity index (χ0) is 13.3. The van der Waals surface area contributed by atoms with Gasteiger partial charge >= 0.3 is 0 Å². The lowest BCUT2D eigenvalue weighted by Gasteiger charge is -2.32. The van der Waals surface area contributed by atoms with Crippen LogP contribution in [0.4, 0.5) is 5.82 Å². The molecule has 7 heteroatoms. The molecule has 0 saturated carbocycles. The highest BCUT2D eigenvalue weighted by atomic mass is 35.5. The Morgan fingerprint density at radius 1 is 1.61 bits per heavy atom. The fraction of sp³-hybridized carbons (Fsp3) is 0.364. The molecule has 2 rings (SSSR count). The molecule has 96 valence electrons. The van der Waals surface area contributed by atoms with Crippen LogP contribution < -0.4 is 11.1 Å². The molecular weight excluding hydrogens is 256 g/mol. The summed E-state index contributed by atoms with van der Waals surface area (Å²) in [7, 11) is 0. The van der Waals surface area contributed by atoms with Gasteiger partial charge in [0.05, 0.1) is 5.02 Å². The molecule has 3 N–H and O–H groups in total. The topological polar surface area (TPSA) is 88.3 Å². The smallest absolute Gasteiger partial charge is 0.274 e. The number of rotatable bonds is 1. The lowest BCUT2D eigenvalue weighted by Crippen LogP contribution is -2.56. The van der Waals surface area contributed by atoms with Crippen LogP contribution in [0.1, 0.15) is 17.4 Å². The number of aromatic nitrogens is 1. The molecule has 0 aromatic carbocycles. The van der Waals surface area contributed by atoms with Crippen molar-refractivity contribution in [2.24, 2.45) is 0 Å². The van der Waals surface area contributed by atoms with Gasteiger partial charge in [0.2, 0.25) is 5.91 Å². The molecule has 1 unspecified atom stereocenters. The van der Waals surface area contributed by atoms with Crippen molar-refractivity contribution in [1.29, 1.82) is 0 Å². The first-order valence-corrected chi connectivity index (χ1v) is 5.89. The van der Waals surface area contributed by atoms with Gasteiger partial charge in [-0.1, -0.05) is 11.6 Å². The van der Waals surface area contributed by atoms with E-state index in [0.717, 1.165) is 0 Å². The average molecular weight is 269 g/mol. The van der Waals surface area contributed by atoms with Gasteiger partial charge in [0, 0.05) is 13.1 Å². The number of hydrogen-bond donors (Lipinski definition) is 2. The molecule has 1 aromatic heterocycles. The molecule has 6 nitrogen and oxygen atoms in total. The molecule has 1 aliphatic heterocycles. The number of carbonyl (C=O) groups is 2. The molecule has 2 heterocycles. The maximum absolute atomic E-state index is 12.3. The highest BCUT2D eigenvalue weighted by Crippen LogP contribution is 2.19. The number of carbonyl (C=O) groups excluding carboxylic acids is 2. The van der Waals surface area contributed by atoms with E-state index in [9.17, 15) is 9.59 Å². The first-order valence-electron chi connectivity index (χ1n) is 5.51. The Balaban J connectivity index is 2.30. The number of piperazine rings is 1. The Hall–Kier alpha value is -1.82. The third kappa shape index (κ3) is 2.24. The molecule has 0 radical (unpaired) electrons. The zero-order valence-electron chi connectivity index (χ0n) is 9.81. The summed E-state index contributed by atoms with van der Waals surface area (Å²) in [5.74, 6) is -0.346. The number of nitrogens with one attached hydrogen (secondary N) is 1. The van der Waals surface area contributed by atoms with Crippen molar-refractivity contribution < 1.29 is 9.59 Å². The maximum atomic E-state index is 12.3. The number of halogens is 1. The predicted molar refractivity (Wildman–Crippen MR) is 67.2 cm³/mol.